The SMILES string of the molecule is C1=CC2C3=N/C(=N\c4[nH]c(c5ccccc45)NC4=NC(N=c5[nH]c(c6ccccc56)=N3)c3ccccc34)C2C=C1. The van der Waals surface area contributed by atoms with Crippen molar-refractivity contribution in [1.29, 1.82) is 0 Å². The third-order valence-corrected chi connectivity index (χ3v) is 8.02. The van der Waals surface area contributed by atoms with Crippen LogP contribution in [0.15, 0.2) is 122 Å². The number of anilines is 1. The van der Waals surface area contributed by atoms with Crippen LogP contribution in [-0.4, -0.2) is 27.5 Å². The molecular formula is C32H22N8. The van der Waals surface area contributed by atoms with E-state index in [0.717, 1.165) is 72.8 Å². The fourth-order valence-corrected chi connectivity index (χ4v) is 6.11. The zero-order valence-electron chi connectivity index (χ0n) is 21.2. The Morgan fingerprint density at radius 3 is 2.08 bits per heavy atom. The molecule has 40 heavy (non-hydrogen) atoms. The summed E-state index contributed by atoms with van der Waals surface area (Å²) in [5.74, 6) is 3.85. The van der Waals surface area contributed by atoms with E-state index in [9.17, 15) is 0 Å². The quantitative estimate of drug-likeness (QED) is 0.255. The largest absolute Gasteiger partial charge is 0.326 e. The molecule has 3 aliphatic heterocycles. The molecule has 3 N–H and O–H groups in total. The van der Waals surface area contributed by atoms with Gasteiger partial charge in [0.25, 0.3) is 0 Å². The second kappa shape index (κ2) is 8.07. The van der Waals surface area contributed by atoms with E-state index in [1.54, 1.807) is 0 Å². The van der Waals surface area contributed by atoms with Crippen LogP contribution in [0.3, 0.4) is 0 Å². The topological polar surface area (TPSA) is 105 Å². The normalized spacial score (nSPS) is 23.4. The van der Waals surface area contributed by atoms with Crippen molar-refractivity contribution in [2.24, 2.45) is 36.8 Å². The monoisotopic (exact) mass is 518 g/mol. The number of benzene rings is 3. The van der Waals surface area contributed by atoms with Gasteiger partial charge in [0, 0.05) is 32.7 Å². The number of aromatic nitrogens is 2. The Morgan fingerprint density at radius 2 is 1.25 bits per heavy atom. The van der Waals surface area contributed by atoms with Crippen molar-refractivity contribution in [3.05, 3.63) is 119 Å². The summed E-state index contributed by atoms with van der Waals surface area (Å²) in [5.41, 5.74) is 3.57. The molecule has 1 aliphatic carbocycles. The summed E-state index contributed by atoms with van der Waals surface area (Å²) in [7, 11) is 0. The summed E-state index contributed by atoms with van der Waals surface area (Å²) in [6.45, 7) is 0. The summed E-state index contributed by atoms with van der Waals surface area (Å²) in [6, 6.07) is 24.7. The van der Waals surface area contributed by atoms with Gasteiger partial charge < -0.3 is 15.3 Å². The molecule has 0 amide bonds. The maximum Gasteiger partial charge on any atom is 0.170 e. The lowest BCUT2D eigenvalue weighted by molar-refractivity contribution is 0.754. The van der Waals surface area contributed by atoms with Crippen LogP contribution in [0.1, 0.15) is 17.3 Å². The summed E-state index contributed by atoms with van der Waals surface area (Å²) < 4.78 is 0. The number of nitrogens with one attached hydrogen (secondary N) is 3. The Balaban J connectivity index is 1.37. The average molecular weight is 519 g/mol. The molecule has 2 aromatic heterocycles. The van der Waals surface area contributed by atoms with Crippen molar-refractivity contribution in [3.63, 3.8) is 0 Å². The smallest absolute Gasteiger partial charge is 0.170 e. The first-order valence-corrected chi connectivity index (χ1v) is 13.4. The highest BCUT2D eigenvalue weighted by atomic mass is 15.2. The minimum Gasteiger partial charge on any atom is -0.326 e. The van der Waals surface area contributed by atoms with Crippen LogP contribution in [0.25, 0.3) is 21.5 Å². The lowest BCUT2D eigenvalue weighted by Crippen LogP contribution is -2.21. The van der Waals surface area contributed by atoms with E-state index in [-0.39, 0.29) is 11.8 Å². The summed E-state index contributed by atoms with van der Waals surface area (Å²) in [5, 5.41) is 7.64. The third-order valence-electron chi connectivity index (χ3n) is 8.02. The van der Waals surface area contributed by atoms with Gasteiger partial charge in [0.05, 0.1) is 11.8 Å². The Kier molecular flexibility index (Phi) is 4.35. The second-order valence-corrected chi connectivity index (χ2v) is 10.3. The van der Waals surface area contributed by atoms with Crippen LogP contribution in [0.2, 0.25) is 0 Å². The van der Waals surface area contributed by atoms with E-state index in [0.29, 0.717) is 0 Å². The van der Waals surface area contributed by atoms with Gasteiger partial charge in [-0.3, -0.25) is 0 Å². The molecule has 4 aliphatic rings. The zero-order chi connectivity index (χ0) is 26.2. The van der Waals surface area contributed by atoms with Crippen molar-refractivity contribution in [1.82, 2.24) is 9.97 Å². The molecule has 190 valence electrons. The van der Waals surface area contributed by atoms with E-state index < -0.39 is 6.17 Å². The van der Waals surface area contributed by atoms with Gasteiger partial charge in [0.1, 0.15) is 40.1 Å². The zero-order valence-corrected chi connectivity index (χ0v) is 21.2. The van der Waals surface area contributed by atoms with Gasteiger partial charge in [0.2, 0.25) is 0 Å². The number of fused-ring (bicyclic) bond motifs is 18. The number of aliphatic imine (C=N–C) groups is 3. The number of aromatic amines is 2. The lowest BCUT2D eigenvalue weighted by Gasteiger charge is -2.14. The van der Waals surface area contributed by atoms with Gasteiger partial charge in [-0.2, -0.15) is 0 Å². The first kappa shape index (κ1) is 21.6. The minimum absolute atomic E-state index is 0.00847. The molecule has 5 aromatic rings. The molecule has 0 radical (unpaired) electrons. The molecule has 8 heteroatoms. The number of rotatable bonds is 0. The van der Waals surface area contributed by atoms with E-state index in [2.05, 4.69) is 76.0 Å². The molecule has 0 saturated carbocycles. The van der Waals surface area contributed by atoms with E-state index in [1.165, 1.54) is 0 Å². The van der Waals surface area contributed by atoms with E-state index in [4.69, 9.17) is 25.0 Å². The molecule has 9 rings (SSSR count). The standard InChI is InChI=1S/C32H22N8/c1-2-10-18-17(9-1)25-33-26(18)38-28-21-13-5-6-14-22(21)30(35-28)40-32-24-16-8-7-15-23(24)31(36-32)39-29-20-12-4-3-11-19(20)27(34-29)37-25/h1-18,31,35H,(H,36,40)(H,33,34,37,38,39). The molecule has 0 spiro atoms. The van der Waals surface area contributed by atoms with Crippen molar-refractivity contribution in [2.45, 2.75) is 6.17 Å². The third kappa shape index (κ3) is 3.10. The molecule has 3 aromatic carbocycles. The molecule has 8 nitrogen and oxygen atoms in total. The van der Waals surface area contributed by atoms with Gasteiger partial charge in [-0.05, 0) is 0 Å². The van der Waals surface area contributed by atoms with Gasteiger partial charge in [-0.25, -0.2) is 25.0 Å². The predicted molar refractivity (Wildman–Crippen MR) is 158 cm³/mol. The van der Waals surface area contributed by atoms with Crippen LogP contribution in [0, 0.1) is 11.8 Å². The van der Waals surface area contributed by atoms with Crippen molar-refractivity contribution in [2.75, 3.05) is 5.32 Å². The van der Waals surface area contributed by atoms with Crippen LogP contribution < -0.4 is 16.3 Å². The fourth-order valence-electron chi connectivity index (χ4n) is 6.11. The van der Waals surface area contributed by atoms with Crippen molar-refractivity contribution < 1.29 is 0 Å². The maximum atomic E-state index is 5.13. The first-order valence-electron chi connectivity index (χ1n) is 13.4. The van der Waals surface area contributed by atoms with Crippen molar-refractivity contribution >= 4 is 50.7 Å². The predicted octanol–water partition coefficient (Wildman–Crippen LogP) is 5.27. The highest BCUT2D eigenvalue weighted by Gasteiger charge is 2.35. The molecule has 0 saturated heterocycles. The molecule has 3 unspecified atom stereocenters. The molecule has 3 atom stereocenters. The average Bonchev–Trinajstić information content (AvgIpc) is 3.73. The lowest BCUT2D eigenvalue weighted by atomic mass is 9.89. The second-order valence-electron chi connectivity index (χ2n) is 10.3. The highest BCUT2D eigenvalue weighted by molar-refractivity contribution is 6.16. The van der Waals surface area contributed by atoms with E-state index >= 15 is 0 Å². The minimum atomic E-state index is -0.397. The van der Waals surface area contributed by atoms with Gasteiger partial charge >= 0.3 is 0 Å². The number of amidine groups is 3. The Bertz CT molecular complexity index is 2170. The maximum absolute atomic E-state index is 5.13. The highest BCUT2D eigenvalue weighted by Crippen LogP contribution is 2.37. The summed E-state index contributed by atoms with van der Waals surface area (Å²) in [6.07, 6.45) is 8.04. The van der Waals surface area contributed by atoms with Gasteiger partial charge in [-0.1, -0.05) is 97.1 Å². The number of hydrogen-bond acceptors (Lipinski definition) is 6. The fraction of sp³-hybridized carbons (Fsp3) is 0.0938. The number of allylic oxidation sites excluding steroid dienone is 2. The number of hydrogen-bond donors (Lipinski definition) is 3. The van der Waals surface area contributed by atoms with Gasteiger partial charge in [-0.15, -0.1) is 0 Å². The summed E-state index contributed by atoms with van der Waals surface area (Å²) >= 11 is 0. The van der Waals surface area contributed by atoms with Gasteiger partial charge in [0.15, 0.2) is 6.17 Å². The van der Waals surface area contributed by atoms with Crippen LogP contribution in [0.4, 0.5) is 11.6 Å². The first-order chi connectivity index (χ1) is 19.8. The molecule has 5 heterocycles. The Morgan fingerprint density at radius 1 is 0.575 bits per heavy atom. The summed E-state index contributed by atoms with van der Waals surface area (Å²) in [4.78, 5) is 32.4. The number of nitrogens with zero attached hydrogens (tertiary/aromatic N) is 5. The van der Waals surface area contributed by atoms with Crippen molar-refractivity contribution in [3.8, 4) is 0 Å². The Hall–Kier alpha value is -5.37. The molecular weight excluding hydrogens is 496 g/mol. The van der Waals surface area contributed by atoms with E-state index in [1.807, 2.05) is 36.4 Å². The van der Waals surface area contributed by atoms with Crippen LogP contribution >= 0.6 is 0 Å². The molecule has 8 bridgehead atoms. The van der Waals surface area contributed by atoms with Crippen LogP contribution in [-0.2, 0) is 0 Å². The molecule has 0 fully saturated rings. The Labute approximate surface area is 228 Å². The number of H-pyrrole nitrogens is 2. The van der Waals surface area contributed by atoms with Crippen LogP contribution in [0.5, 0.6) is 0 Å².